The summed E-state index contributed by atoms with van der Waals surface area (Å²) >= 11 is 0. The second-order valence-electron chi connectivity index (χ2n) is 2.94. The molecule has 0 aromatic rings. The van der Waals surface area contributed by atoms with Gasteiger partial charge in [0.2, 0.25) is 0 Å². The molecule has 0 aliphatic rings. The molecule has 0 aromatic heterocycles. The van der Waals surface area contributed by atoms with E-state index in [0.717, 1.165) is 6.42 Å². The van der Waals surface area contributed by atoms with E-state index in [0.29, 0.717) is 5.92 Å². The van der Waals surface area contributed by atoms with Crippen LogP contribution >= 0.6 is 0 Å². The Labute approximate surface area is 63.4 Å². The van der Waals surface area contributed by atoms with E-state index < -0.39 is 0 Å². The van der Waals surface area contributed by atoms with Crippen LogP contribution in [0.2, 0.25) is 0 Å². The summed E-state index contributed by atoms with van der Waals surface area (Å²) in [6.45, 7) is 4.52. The third-order valence-corrected chi connectivity index (χ3v) is 1.94. The summed E-state index contributed by atoms with van der Waals surface area (Å²) in [4.78, 5) is 0. The predicted molar refractivity (Wildman–Crippen MR) is 43.8 cm³/mol. The highest BCUT2D eigenvalue weighted by molar-refractivity contribution is 4.67. The molecular formula is C8H19NO. The molecule has 0 heterocycles. The minimum Gasteiger partial charge on any atom is -0.396 e. The summed E-state index contributed by atoms with van der Waals surface area (Å²) in [6, 6.07) is 0.185. The highest BCUT2D eigenvalue weighted by Gasteiger charge is 2.09. The zero-order valence-electron chi connectivity index (χ0n) is 7.01. The van der Waals surface area contributed by atoms with Gasteiger partial charge in [-0.2, -0.15) is 0 Å². The SMILES string of the molecule is CCCC(C)C(N)CCO. The summed E-state index contributed by atoms with van der Waals surface area (Å²) in [7, 11) is 0. The molecule has 0 saturated carbocycles. The molecule has 2 nitrogen and oxygen atoms in total. The molecule has 0 aliphatic carbocycles. The van der Waals surface area contributed by atoms with E-state index in [2.05, 4.69) is 13.8 Å². The molecule has 62 valence electrons. The fraction of sp³-hybridized carbons (Fsp3) is 1.00. The van der Waals surface area contributed by atoms with Crippen molar-refractivity contribution in [2.24, 2.45) is 11.7 Å². The molecule has 2 heteroatoms. The van der Waals surface area contributed by atoms with Crippen molar-refractivity contribution in [1.29, 1.82) is 0 Å². The van der Waals surface area contributed by atoms with Crippen LogP contribution in [0.25, 0.3) is 0 Å². The molecule has 0 amide bonds. The largest absolute Gasteiger partial charge is 0.396 e. The molecular weight excluding hydrogens is 126 g/mol. The minimum atomic E-state index is 0.185. The number of aliphatic hydroxyl groups excluding tert-OH is 1. The topological polar surface area (TPSA) is 46.2 Å². The van der Waals surface area contributed by atoms with Gasteiger partial charge in [0.1, 0.15) is 0 Å². The monoisotopic (exact) mass is 145 g/mol. The van der Waals surface area contributed by atoms with Crippen molar-refractivity contribution in [3.63, 3.8) is 0 Å². The first kappa shape index (κ1) is 9.92. The molecule has 2 unspecified atom stereocenters. The Morgan fingerprint density at radius 1 is 1.40 bits per heavy atom. The predicted octanol–water partition coefficient (Wildman–Crippen LogP) is 1.13. The maximum absolute atomic E-state index is 8.57. The minimum absolute atomic E-state index is 0.185. The first-order chi connectivity index (χ1) is 4.72. The van der Waals surface area contributed by atoms with Crippen LogP contribution < -0.4 is 5.73 Å². The van der Waals surface area contributed by atoms with Crippen molar-refractivity contribution < 1.29 is 5.11 Å². The van der Waals surface area contributed by atoms with Crippen LogP contribution in [-0.4, -0.2) is 17.8 Å². The molecule has 2 atom stereocenters. The summed E-state index contributed by atoms with van der Waals surface area (Å²) in [5.74, 6) is 0.553. The lowest BCUT2D eigenvalue weighted by Gasteiger charge is -2.17. The Morgan fingerprint density at radius 2 is 2.00 bits per heavy atom. The van der Waals surface area contributed by atoms with Gasteiger partial charge in [0.25, 0.3) is 0 Å². The molecule has 0 radical (unpaired) electrons. The van der Waals surface area contributed by atoms with Crippen molar-refractivity contribution in [3.05, 3.63) is 0 Å². The molecule has 3 N–H and O–H groups in total. The number of hydrogen-bond donors (Lipinski definition) is 2. The van der Waals surface area contributed by atoms with Crippen LogP contribution in [0.15, 0.2) is 0 Å². The van der Waals surface area contributed by atoms with Crippen LogP contribution in [-0.2, 0) is 0 Å². The molecule has 0 rings (SSSR count). The van der Waals surface area contributed by atoms with Crippen molar-refractivity contribution in [1.82, 2.24) is 0 Å². The van der Waals surface area contributed by atoms with Gasteiger partial charge in [0.05, 0.1) is 0 Å². The summed E-state index contributed by atoms with van der Waals surface area (Å²) in [5.41, 5.74) is 5.75. The Bertz CT molecular complexity index is 65.7. The van der Waals surface area contributed by atoms with Gasteiger partial charge in [-0.15, -0.1) is 0 Å². The van der Waals surface area contributed by atoms with E-state index in [1.54, 1.807) is 0 Å². The fourth-order valence-corrected chi connectivity index (χ4v) is 1.10. The average Bonchev–Trinajstić information content (AvgIpc) is 1.89. The molecule has 0 fully saturated rings. The standard InChI is InChI=1S/C8H19NO/c1-3-4-7(2)8(9)5-6-10/h7-8,10H,3-6,9H2,1-2H3. The Balaban J connectivity index is 3.38. The lowest BCUT2D eigenvalue weighted by molar-refractivity contribution is 0.255. The molecule has 0 bridgehead atoms. The van der Waals surface area contributed by atoms with E-state index in [1.807, 2.05) is 0 Å². The van der Waals surface area contributed by atoms with Crippen molar-refractivity contribution in [2.75, 3.05) is 6.61 Å². The van der Waals surface area contributed by atoms with Crippen LogP contribution in [0.3, 0.4) is 0 Å². The first-order valence-corrected chi connectivity index (χ1v) is 4.08. The van der Waals surface area contributed by atoms with Gasteiger partial charge in [-0.05, 0) is 18.8 Å². The highest BCUT2D eigenvalue weighted by atomic mass is 16.3. The zero-order chi connectivity index (χ0) is 7.98. The number of aliphatic hydroxyl groups is 1. The third-order valence-electron chi connectivity index (χ3n) is 1.94. The third kappa shape index (κ3) is 3.85. The Kier molecular flexibility index (Phi) is 5.64. The maximum Gasteiger partial charge on any atom is 0.0445 e. The molecule has 0 spiro atoms. The van der Waals surface area contributed by atoms with E-state index in [-0.39, 0.29) is 12.6 Å². The van der Waals surface area contributed by atoms with Crippen LogP contribution in [0.5, 0.6) is 0 Å². The quantitative estimate of drug-likeness (QED) is 0.609. The maximum atomic E-state index is 8.57. The number of hydrogen-bond acceptors (Lipinski definition) is 2. The lowest BCUT2D eigenvalue weighted by Crippen LogP contribution is -2.29. The highest BCUT2D eigenvalue weighted by Crippen LogP contribution is 2.10. The van der Waals surface area contributed by atoms with Crippen LogP contribution in [0, 0.1) is 5.92 Å². The van der Waals surface area contributed by atoms with Crippen molar-refractivity contribution in [2.45, 2.75) is 39.2 Å². The van der Waals surface area contributed by atoms with E-state index >= 15 is 0 Å². The van der Waals surface area contributed by atoms with E-state index in [9.17, 15) is 0 Å². The van der Waals surface area contributed by atoms with Gasteiger partial charge in [-0.25, -0.2) is 0 Å². The summed E-state index contributed by atoms with van der Waals surface area (Å²) < 4.78 is 0. The summed E-state index contributed by atoms with van der Waals surface area (Å²) in [6.07, 6.45) is 3.09. The van der Waals surface area contributed by atoms with Gasteiger partial charge < -0.3 is 10.8 Å². The Morgan fingerprint density at radius 3 is 2.40 bits per heavy atom. The second-order valence-corrected chi connectivity index (χ2v) is 2.94. The van der Waals surface area contributed by atoms with Gasteiger partial charge >= 0.3 is 0 Å². The van der Waals surface area contributed by atoms with Gasteiger partial charge in [0, 0.05) is 12.6 Å². The van der Waals surface area contributed by atoms with Crippen LogP contribution in [0.4, 0.5) is 0 Å². The van der Waals surface area contributed by atoms with Crippen molar-refractivity contribution in [3.8, 4) is 0 Å². The molecule has 0 aromatic carbocycles. The molecule has 0 aliphatic heterocycles. The van der Waals surface area contributed by atoms with Gasteiger partial charge in [0.15, 0.2) is 0 Å². The average molecular weight is 145 g/mol. The number of nitrogens with two attached hydrogens (primary N) is 1. The van der Waals surface area contributed by atoms with E-state index in [4.69, 9.17) is 10.8 Å². The molecule has 0 saturated heterocycles. The smallest absolute Gasteiger partial charge is 0.0445 e. The van der Waals surface area contributed by atoms with Crippen LogP contribution in [0.1, 0.15) is 33.1 Å². The lowest BCUT2D eigenvalue weighted by atomic mass is 9.96. The number of rotatable bonds is 5. The molecule has 10 heavy (non-hydrogen) atoms. The normalized spacial score (nSPS) is 16.8. The first-order valence-electron chi connectivity index (χ1n) is 4.08. The fourth-order valence-electron chi connectivity index (χ4n) is 1.10. The Hall–Kier alpha value is -0.0800. The van der Waals surface area contributed by atoms with Gasteiger partial charge in [-0.1, -0.05) is 20.3 Å². The second kappa shape index (κ2) is 5.69. The summed E-state index contributed by atoms with van der Waals surface area (Å²) in [5, 5.41) is 8.57. The van der Waals surface area contributed by atoms with Crippen molar-refractivity contribution >= 4 is 0 Å². The van der Waals surface area contributed by atoms with E-state index in [1.165, 1.54) is 12.8 Å². The van der Waals surface area contributed by atoms with Gasteiger partial charge in [-0.3, -0.25) is 0 Å². The zero-order valence-corrected chi connectivity index (χ0v) is 7.01.